The third kappa shape index (κ3) is 2.54. The van der Waals surface area contributed by atoms with E-state index in [1.165, 1.54) is 19.1 Å². The van der Waals surface area contributed by atoms with Gasteiger partial charge in [-0.2, -0.15) is 0 Å². The smallest absolute Gasteiger partial charge is 0.219 e. The summed E-state index contributed by atoms with van der Waals surface area (Å²) >= 11 is 5.93. The fourth-order valence-electron chi connectivity index (χ4n) is 1.91. The molecule has 106 valence electrons. The molecule has 5 heteroatoms. The number of aliphatic hydroxyl groups is 2. The van der Waals surface area contributed by atoms with Gasteiger partial charge in [-0.1, -0.05) is 23.2 Å². The molecule has 0 heterocycles. The maximum absolute atomic E-state index is 13.6. The lowest BCUT2D eigenvalue weighted by Crippen LogP contribution is -2.27. The monoisotopic (exact) mass is 298 g/mol. The van der Waals surface area contributed by atoms with E-state index in [2.05, 4.69) is 0 Å². The van der Waals surface area contributed by atoms with Crippen molar-refractivity contribution in [3.8, 4) is 0 Å². The molecule has 0 aliphatic carbocycles. The third-order valence-electron chi connectivity index (χ3n) is 3.18. The second-order valence-corrected chi connectivity index (χ2v) is 5.13. The van der Waals surface area contributed by atoms with Crippen LogP contribution in [0.1, 0.15) is 22.3 Å². The lowest BCUT2D eigenvalue weighted by molar-refractivity contribution is -0.132. The fourth-order valence-corrected chi connectivity index (χ4v) is 2.16. The first-order valence-electron chi connectivity index (χ1n) is 5.91. The summed E-state index contributed by atoms with van der Waals surface area (Å²) in [4.78, 5) is 0. The zero-order valence-electron chi connectivity index (χ0n) is 10.9. The topological polar surface area (TPSA) is 40.5 Å². The van der Waals surface area contributed by atoms with Crippen molar-refractivity contribution in [1.29, 1.82) is 0 Å². The number of aryl methyl sites for hydroxylation is 1. The molecule has 0 unspecified atom stereocenters. The van der Waals surface area contributed by atoms with Gasteiger partial charge in [-0.3, -0.25) is 0 Å². The van der Waals surface area contributed by atoms with Gasteiger partial charge < -0.3 is 10.2 Å². The van der Waals surface area contributed by atoms with Gasteiger partial charge in [0.1, 0.15) is 11.6 Å². The first-order chi connectivity index (χ1) is 9.23. The van der Waals surface area contributed by atoms with Crippen molar-refractivity contribution in [2.75, 3.05) is 0 Å². The summed E-state index contributed by atoms with van der Waals surface area (Å²) < 4.78 is 27.1. The lowest BCUT2D eigenvalue weighted by Gasteiger charge is -2.24. The molecular weight excluding hydrogens is 286 g/mol. The molecule has 0 saturated carbocycles. The normalized spacial score (nSPS) is 11.8. The number of hydrogen-bond acceptors (Lipinski definition) is 2. The molecule has 0 amide bonds. The highest BCUT2D eigenvalue weighted by atomic mass is 35.5. The van der Waals surface area contributed by atoms with Gasteiger partial charge in [-0.25, -0.2) is 8.78 Å². The predicted octanol–water partition coefficient (Wildman–Crippen LogP) is 3.42. The van der Waals surface area contributed by atoms with Crippen LogP contribution in [0, 0.1) is 25.5 Å². The van der Waals surface area contributed by atoms with Crippen molar-refractivity contribution in [2.24, 2.45) is 0 Å². The van der Waals surface area contributed by atoms with E-state index in [-0.39, 0.29) is 21.7 Å². The minimum Gasteiger partial charge on any atom is -0.358 e. The van der Waals surface area contributed by atoms with E-state index in [1.54, 1.807) is 13.0 Å². The number of hydrogen-bond donors (Lipinski definition) is 2. The molecule has 0 fully saturated rings. The minimum atomic E-state index is -2.57. The molecule has 0 radical (unpaired) electrons. The van der Waals surface area contributed by atoms with E-state index in [4.69, 9.17) is 11.6 Å². The van der Waals surface area contributed by atoms with Crippen LogP contribution in [0.3, 0.4) is 0 Å². The van der Waals surface area contributed by atoms with E-state index in [0.717, 1.165) is 17.7 Å². The Kier molecular flexibility index (Phi) is 3.82. The molecule has 0 spiro atoms. The van der Waals surface area contributed by atoms with Gasteiger partial charge in [0, 0.05) is 21.7 Å². The van der Waals surface area contributed by atoms with Gasteiger partial charge in [0.2, 0.25) is 5.79 Å². The van der Waals surface area contributed by atoms with Crippen molar-refractivity contribution in [3.63, 3.8) is 0 Å². The summed E-state index contributed by atoms with van der Waals surface area (Å²) in [5.41, 5.74) is 0.220. The summed E-state index contributed by atoms with van der Waals surface area (Å²) in [7, 11) is 0. The molecule has 2 nitrogen and oxygen atoms in total. The van der Waals surface area contributed by atoms with Crippen LogP contribution in [0.4, 0.5) is 8.78 Å². The van der Waals surface area contributed by atoms with Crippen molar-refractivity contribution in [3.05, 3.63) is 69.2 Å². The average molecular weight is 299 g/mol. The summed E-state index contributed by atoms with van der Waals surface area (Å²) in [6.07, 6.45) is 0. The molecule has 0 bridgehead atoms. The van der Waals surface area contributed by atoms with Gasteiger partial charge in [-0.05, 0) is 38.1 Å². The Bertz CT molecular complexity index is 646. The Balaban J connectivity index is 2.63. The van der Waals surface area contributed by atoms with Crippen LogP contribution in [0.25, 0.3) is 0 Å². The van der Waals surface area contributed by atoms with Crippen LogP contribution < -0.4 is 0 Å². The first kappa shape index (κ1) is 14.9. The second-order valence-electron chi connectivity index (χ2n) is 4.72. The third-order valence-corrected chi connectivity index (χ3v) is 3.51. The summed E-state index contributed by atoms with van der Waals surface area (Å²) in [5.74, 6) is -4.27. The Labute approximate surface area is 120 Å². The maximum atomic E-state index is 13.6. The molecule has 2 aromatic rings. The van der Waals surface area contributed by atoms with Crippen molar-refractivity contribution in [1.82, 2.24) is 0 Å². The number of halogens is 3. The predicted molar refractivity (Wildman–Crippen MR) is 72.5 cm³/mol. The van der Waals surface area contributed by atoms with Crippen molar-refractivity contribution in [2.45, 2.75) is 19.6 Å². The molecule has 2 aromatic carbocycles. The standard InChI is InChI=1S/C15H13ClF2O2/c1-8-3-4-12(16)11(5-8)15(19,20)10-6-13(17)9(2)14(18)7-10/h3-7,19-20H,1-2H3. The largest absolute Gasteiger partial charge is 0.358 e. The molecule has 2 N–H and O–H groups in total. The SMILES string of the molecule is Cc1ccc(Cl)c(C(O)(O)c2cc(F)c(C)c(F)c2)c1. The Morgan fingerprint density at radius 3 is 2.10 bits per heavy atom. The van der Waals surface area contributed by atoms with Crippen LogP contribution in [0.2, 0.25) is 5.02 Å². The van der Waals surface area contributed by atoms with E-state index in [1.807, 2.05) is 0 Å². The highest BCUT2D eigenvalue weighted by Gasteiger charge is 2.32. The summed E-state index contributed by atoms with van der Waals surface area (Å²) in [5, 5.41) is 20.6. The molecular formula is C15H13ClF2O2. The molecule has 0 atom stereocenters. The Hall–Kier alpha value is -1.49. The van der Waals surface area contributed by atoms with Gasteiger partial charge >= 0.3 is 0 Å². The lowest BCUT2D eigenvalue weighted by atomic mass is 9.95. The van der Waals surface area contributed by atoms with Gasteiger partial charge in [-0.15, -0.1) is 0 Å². The quantitative estimate of drug-likeness (QED) is 0.834. The van der Waals surface area contributed by atoms with Crippen molar-refractivity contribution >= 4 is 11.6 Å². The number of rotatable bonds is 2. The molecule has 0 saturated heterocycles. The van der Waals surface area contributed by atoms with Gasteiger partial charge in [0.15, 0.2) is 0 Å². The highest BCUT2D eigenvalue weighted by molar-refractivity contribution is 6.31. The summed E-state index contributed by atoms with van der Waals surface area (Å²) in [6.45, 7) is 3.01. The average Bonchev–Trinajstić information content (AvgIpc) is 2.38. The summed E-state index contributed by atoms with van der Waals surface area (Å²) in [6, 6.07) is 6.42. The van der Waals surface area contributed by atoms with Gasteiger partial charge in [0.05, 0.1) is 0 Å². The molecule has 0 aromatic heterocycles. The Morgan fingerprint density at radius 2 is 1.55 bits per heavy atom. The van der Waals surface area contributed by atoms with E-state index < -0.39 is 17.4 Å². The fraction of sp³-hybridized carbons (Fsp3) is 0.200. The van der Waals surface area contributed by atoms with Crippen LogP contribution >= 0.6 is 11.6 Å². The van der Waals surface area contributed by atoms with Crippen LogP contribution in [0.5, 0.6) is 0 Å². The molecule has 2 rings (SSSR count). The highest BCUT2D eigenvalue weighted by Crippen LogP contribution is 2.34. The Morgan fingerprint density at radius 1 is 1.00 bits per heavy atom. The van der Waals surface area contributed by atoms with Crippen molar-refractivity contribution < 1.29 is 19.0 Å². The zero-order valence-corrected chi connectivity index (χ0v) is 11.7. The van der Waals surface area contributed by atoms with Crippen LogP contribution in [-0.2, 0) is 5.79 Å². The molecule has 0 aliphatic heterocycles. The molecule has 0 aliphatic rings. The first-order valence-corrected chi connectivity index (χ1v) is 6.28. The van der Waals surface area contributed by atoms with E-state index >= 15 is 0 Å². The van der Waals surface area contributed by atoms with E-state index in [0.29, 0.717) is 0 Å². The second kappa shape index (κ2) is 5.13. The maximum Gasteiger partial charge on any atom is 0.219 e. The molecule has 20 heavy (non-hydrogen) atoms. The van der Waals surface area contributed by atoms with Crippen LogP contribution in [0.15, 0.2) is 30.3 Å². The van der Waals surface area contributed by atoms with Gasteiger partial charge in [0.25, 0.3) is 0 Å². The minimum absolute atomic E-state index is 0.0261. The zero-order chi connectivity index (χ0) is 15.1. The van der Waals surface area contributed by atoms with Crippen LogP contribution in [-0.4, -0.2) is 10.2 Å². The van der Waals surface area contributed by atoms with E-state index in [9.17, 15) is 19.0 Å². The number of benzene rings is 2.